The average molecular weight is 166 g/mol. The topological polar surface area (TPSA) is 38.0 Å². The van der Waals surface area contributed by atoms with Crippen molar-refractivity contribution in [2.45, 2.75) is 38.8 Å². The summed E-state index contributed by atoms with van der Waals surface area (Å²) in [4.78, 5) is 4.27. The fourth-order valence-corrected chi connectivity index (χ4v) is 1.84. The van der Waals surface area contributed by atoms with Gasteiger partial charge in [0.05, 0.1) is 0 Å². The molecule has 1 N–H and O–H groups in total. The van der Waals surface area contributed by atoms with Crippen LogP contribution in [0, 0.1) is 0 Å². The van der Waals surface area contributed by atoms with Crippen LogP contribution >= 0.6 is 0 Å². The number of rotatable bonds is 1. The van der Waals surface area contributed by atoms with Gasteiger partial charge in [-0.05, 0) is 19.3 Å². The van der Waals surface area contributed by atoms with Crippen molar-refractivity contribution in [3.05, 3.63) is 17.7 Å². The number of imidazole rings is 1. The zero-order valence-electron chi connectivity index (χ0n) is 7.32. The molecule has 0 bridgehead atoms. The Balaban J connectivity index is 2.43. The van der Waals surface area contributed by atoms with E-state index in [2.05, 4.69) is 11.9 Å². The largest absolute Gasteiger partial charge is 0.373 e. The number of hydrogen-bond acceptors (Lipinski definition) is 2. The van der Waals surface area contributed by atoms with Crippen LogP contribution in [0.1, 0.15) is 37.5 Å². The molecule has 1 aliphatic heterocycles. The second-order valence-electron chi connectivity index (χ2n) is 3.26. The molecule has 66 valence electrons. The second-order valence-corrected chi connectivity index (χ2v) is 3.26. The van der Waals surface area contributed by atoms with Crippen molar-refractivity contribution in [3.63, 3.8) is 0 Å². The highest BCUT2D eigenvalue weighted by atomic mass is 16.3. The molecule has 2 rings (SSSR count). The number of fused-ring (bicyclic) bond motifs is 1. The normalized spacial score (nSPS) is 22.3. The summed E-state index contributed by atoms with van der Waals surface area (Å²) in [6.45, 7) is 2.07. The van der Waals surface area contributed by atoms with Crippen LogP contribution in [0.5, 0.6) is 0 Å². The van der Waals surface area contributed by atoms with E-state index in [9.17, 15) is 5.11 Å². The Labute approximate surface area is 72.0 Å². The highest BCUT2D eigenvalue weighted by Crippen LogP contribution is 2.24. The lowest BCUT2D eigenvalue weighted by Gasteiger charge is -2.22. The molecule has 1 aromatic rings. The van der Waals surface area contributed by atoms with Gasteiger partial charge in [-0.15, -0.1) is 0 Å². The summed E-state index contributed by atoms with van der Waals surface area (Å²) >= 11 is 0. The van der Waals surface area contributed by atoms with Gasteiger partial charge in [0, 0.05) is 18.3 Å². The molecule has 1 aliphatic rings. The van der Waals surface area contributed by atoms with E-state index in [0.29, 0.717) is 0 Å². The lowest BCUT2D eigenvalue weighted by molar-refractivity contribution is 0.0760. The number of hydrogen-bond donors (Lipinski definition) is 1. The highest BCUT2D eigenvalue weighted by molar-refractivity contribution is 5.08. The number of nitrogens with zero attached hydrogens (tertiary/aromatic N) is 2. The molecule has 1 unspecified atom stereocenters. The SMILES string of the molecule is CCc1ncc2n1C(O)CCC2. The van der Waals surface area contributed by atoms with Gasteiger partial charge in [0.1, 0.15) is 12.1 Å². The van der Waals surface area contributed by atoms with Crippen LogP contribution in [0.15, 0.2) is 6.20 Å². The first-order chi connectivity index (χ1) is 5.83. The van der Waals surface area contributed by atoms with Gasteiger partial charge in [0.15, 0.2) is 0 Å². The van der Waals surface area contributed by atoms with Gasteiger partial charge in [-0.1, -0.05) is 6.92 Å². The average Bonchev–Trinajstić information content (AvgIpc) is 2.49. The summed E-state index contributed by atoms with van der Waals surface area (Å²) in [5.74, 6) is 1.01. The van der Waals surface area contributed by atoms with Gasteiger partial charge in [0.25, 0.3) is 0 Å². The molecule has 0 amide bonds. The summed E-state index contributed by atoms with van der Waals surface area (Å²) < 4.78 is 1.98. The molecule has 3 heteroatoms. The number of aliphatic hydroxyl groups is 1. The number of aliphatic hydroxyl groups excluding tert-OH is 1. The quantitative estimate of drug-likeness (QED) is 0.682. The lowest BCUT2D eigenvalue weighted by atomic mass is 10.1. The van der Waals surface area contributed by atoms with Crippen molar-refractivity contribution in [2.24, 2.45) is 0 Å². The Hall–Kier alpha value is -0.830. The summed E-state index contributed by atoms with van der Waals surface area (Å²) in [7, 11) is 0. The smallest absolute Gasteiger partial charge is 0.132 e. The first-order valence-electron chi connectivity index (χ1n) is 4.56. The van der Waals surface area contributed by atoms with E-state index in [1.54, 1.807) is 0 Å². The molecular formula is C9H14N2O. The molecule has 0 spiro atoms. The molecule has 1 aromatic heterocycles. The van der Waals surface area contributed by atoms with E-state index >= 15 is 0 Å². The lowest BCUT2D eigenvalue weighted by Crippen LogP contribution is -2.18. The van der Waals surface area contributed by atoms with Gasteiger partial charge >= 0.3 is 0 Å². The summed E-state index contributed by atoms with van der Waals surface area (Å²) in [6, 6.07) is 0. The molecule has 0 fully saturated rings. The number of aryl methyl sites for hydroxylation is 2. The van der Waals surface area contributed by atoms with Gasteiger partial charge in [-0.2, -0.15) is 0 Å². The Morgan fingerprint density at radius 1 is 1.75 bits per heavy atom. The maximum atomic E-state index is 9.69. The maximum absolute atomic E-state index is 9.69. The zero-order chi connectivity index (χ0) is 8.55. The van der Waals surface area contributed by atoms with Crippen LogP contribution in [0.2, 0.25) is 0 Å². The van der Waals surface area contributed by atoms with Crippen molar-refractivity contribution in [3.8, 4) is 0 Å². The molecular weight excluding hydrogens is 152 g/mol. The highest BCUT2D eigenvalue weighted by Gasteiger charge is 2.19. The van der Waals surface area contributed by atoms with Crippen molar-refractivity contribution in [2.75, 3.05) is 0 Å². The van der Waals surface area contributed by atoms with Crippen LogP contribution in [-0.2, 0) is 12.8 Å². The third kappa shape index (κ3) is 1.05. The molecule has 3 nitrogen and oxygen atoms in total. The van der Waals surface area contributed by atoms with Crippen molar-refractivity contribution in [1.82, 2.24) is 9.55 Å². The summed E-state index contributed by atoms with van der Waals surface area (Å²) in [5.41, 5.74) is 1.19. The minimum atomic E-state index is -0.328. The monoisotopic (exact) mass is 166 g/mol. The van der Waals surface area contributed by atoms with Crippen molar-refractivity contribution in [1.29, 1.82) is 0 Å². The Kier molecular flexibility index (Phi) is 1.89. The summed E-state index contributed by atoms with van der Waals surface area (Å²) in [5, 5.41) is 9.69. The first kappa shape index (κ1) is 7.80. The summed E-state index contributed by atoms with van der Waals surface area (Å²) in [6.07, 6.45) is 5.47. The predicted octanol–water partition coefficient (Wildman–Crippen LogP) is 1.27. The van der Waals surface area contributed by atoms with E-state index in [1.165, 1.54) is 5.69 Å². The molecule has 2 heterocycles. The van der Waals surface area contributed by atoms with E-state index in [0.717, 1.165) is 31.5 Å². The van der Waals surface area contributed by atoms with E-state index in [1.807, 2.05) is 10.8 Å². The van der Waals surface area contributed by atoms with Crippen molar-refractivity contribution >= 4 is 0 Å². The fourth-order valence-electron chi connectivity index (χ4n) is 1.84. The van der Waals surface area contributed by atoms with E-state index in [4.69, 9.17) is 0 Å². The van der Waals surface area contributed by atoms with Gasteiger partial charge < -0.3 is 9.67 Å². The zero-order valence-corrected chi connectivity index (χ0v) is 7.32. The van der Waals surface area contributed by atoms with Crippen LogP contribution < -0.4 is 0 Å². The Morgan fingerprint density at radius 3 is 3.33 bits per heavy atom. The molecule has 0 radical (unpaired) electrons. The second kappa shape index (κ2) is 2.90. The number of aromatic nitrogens is 2. The minimum Gasteiger partial charge on any atom is -0.373 e. The molecule has 1 atom stereocenters. The standard InChI is InChI=1S/C9H14N2O/c1-2-8-10-6-7-4-3-5-9(12)11(7)8/h6,9,12H,2-5H2,1H3. The third-order valence-corrected chi connectivity index (χ3v) is 2.46. The first-order valence-corrected chi connectivity index (χ1v) is 4.56. The van der Waals surface area contributed by atoms with Gasteiger partial charge in [-0.3, -0.25) is 0 Å². The van der Waals surface area contributed by atoms with Crippen LogP contribution in [0.4, 0.5) is 0 Å². The van der Waals surface area contributed by atoms with Gasteiger partial charge in [-0.25, -0.2) is 4.98 Å². The molecule has 0 saturated carbocycles. The van der Waals surface area contributed by atoms with Crippen LogP contribution in [0.3, 0.4) is 0 Å². The van der Waals surface area contributed by atoms with Crippen LogP contribution in [0.25, 0.3) is 0 Å². The Morgan fingerprint density at radius 2 is 2.58 bits per heavy atom. The fraction of sp³-hybridized carbons (Fsp3) is 0.667. The molecule has 0 aliphatic carbocycles. The van der Waals surface area contributed by atoms with E-state index < -0.39 is 0 Å². The third-order valence-electron chi connectivity index (χ3n) is 2.46. The van der Waals surface area contributed by atoms with Crippen LogP contribution in [-0.4, -0.2) is 14.7 Å². The van der Waals surface area contributed by atoms with Crippen molar-refractivity contribution < 1.29 is 5.11 Å². The van der Waals surface area contributed by atoms with E-state index in [-0.39, 0.29) is 6.23 Å². The molecule has 12 heavy (non-hydrogen) atoms. The maximum Gasteiger partial charge on any atom is 0.132 e. The molecule has 0 aromatic carbocycles. The Bertz CT molecular complexity index is 267. The van der Waals surface area contributed by atoms with Gasteiger partial charge in [0.2, 0.25) is 0 Å². The molecule has 0 saturated heterocycles. The minimum absolute atomic E-state index is 0.328. The predicted molar refractivity (Wildman–Crippen MR) is 45.8 cm³/mol.